The molecule has 0 amide bonds. The van der Waals surface area contributed by atoms with Gasteiger partial charge in [0.2, 0.25) is 10.0 Å². The third-order valence-corrected chi connectivity index (χ3v) is 5.00. The predicted octanol–water partition coefficient (Wildman–Crippen LogP) is 2.25. The highest BCUT2D eigenvalue weighted by Gasteiger charge is 2.22. The fraction of sp³-hybridized carbons (Fsp3) is 0.333. The highest BCUT2D eigenvalue weighted by Crippen LogP contribution is 2.27. The molecule has 1 rings (SSSR count). The van der Waals surface area contributed by atoms with Gasteiger partial charge in [0, 0.05) is 16.9 Å². The summed E-state index contributed by atoms with van der Waals surface area (Å²) < 4.78 is 40.1. The monoisotopic (exact) mass is 348 g/mol. The number of nitrogen functional groups attached to an aromatic ring is 1. The fourth-order valence-electron chi connectivity index (χ4n) is 1.45. The molecule has 1 aromatic rings. The van der Waals surface area contributed by atoms with Gasteiger partial charge < -0.3 is 5.73 Å². The molecule has 0 saturated carbocycles. The molecule has 3 N–H and O–H groups in total. The fourth-order valence-corrected chi connectivity index (χ4v) is 3.81. The molecule has 0 bridgehead atoms. The maximum absolute atomic E-state index is 13.2. The minimum atomic E-state index is -3.80. The van der Waals surface area contributed by atoms with Crippen molar-refractivity contribution in [2.24, 2.45) is 0 Å². The summed E-state index contributed by atoms with van der Waals surface area (Å²) in [6.07, 6.45) is 6.01. The molecule has 0 radical (unpaired) electrons. The minimum absolute atomic E-state index is 0.109. The summed E-state index contributed by atoms with van der Waals surface area (Å²) in [5.74, 6) is 1.73. The molecule has 0 saturated heterocycles. The van der Waals surface area contributed by atoms with Crippen LogP contribution in [0.25, 0.3) is 0 Å². The van der Waals surface area contributed by atoms with Crippen LogP contribution >= 0.6 is 15.9 Å². The molecule has 0 aliphatic carbocycles. The SMILES string of the molecule is C#CCC(CC)NS(=O)(=O)c1cc(N)c(F)cc1Br. The molecule has 4 nitrogen and oxygen atoms in total. The Kier molecular flexibility index (Phi) is 5.35. The Labute approximate surface area is 120 Å². The zero-order valence-corrected chi connectivity index (χ0v) is 12.7. The van der Waals surface area contributed by atoms with Crippen LogP contribution in [0.1, 0.15) is 19.8 Å². The molecule has 1 unspecified atom stereocenters. The van der Waals surface area contributed by atoms with Gasteiger partial charge in [-0.15, -0.1) is 12.3 Å². The molecular weight excluding hydrogens is 335 g/mol. The zero-order valence-electron chi connectivity index (χ0n) is 10.3. The predicted molar refractivity (Wildman–Crippen MR) is 76.4 cm³/mol. The molecule has 0 fully saturated rings. The van der Waals surface area contributed by atoms with Gasteiger partial charge in [-0.05, 0) is 34.5 Å². The number of nitrogens with two attached hydrogens (primary N) is 1. The zero-order chi connectivity index (χ0) is 14.6. The Morgan fingerprint density at radius 1 is 1.58 bits per heavy atom. The molecule has 1 aromatic carbocycles. The highest BCUT2D eigenvalue weighted by atomic mass is 79.9. The summed E-state index contributed by atoms with van der Waals surface area (Å²) in [4.78, 5) is -0.109. The van der Waals surface area contributed by atoms with Crippen LogP contribution in [0.5, 0.6) is 0 Å². The second-order valence-electron chi connectivity index (χ2n) is 3.94. The standard InChI is InChI=1S/C12H14BrFN2O2S/c1-3-5-8(4-2)16-19(17,18)12-7-11(15)10(14)6-9(12)13/h1,6-8,16H,4-5,15H2,2H3. The van der Waals surface area contributed by atoms with Crippen molar-refractivity contribution in [3.8, 4) is 12.3 Å². The summed E-state index contributed by atoms with van der Waals surface area (Å²) in [6.45, 7) is 1.82. The molecule has 0 spiro atoms. The Hall–Kier alpha value is -1.10. The lowest BCUT2D eigenvalue weighted by atomic mass is 10.2. The van der Waals surface area contributed by atoms with Crippen molar-refractivity contribution < 1.29 is 12.8 Å². The first-order valence-corrected chi connectivity index (χ1v) is 7.79. The minimum Gasteiger partial charge on any atom is -0.396 e. The van der Waals surface area contributed by atoms with Gasteiger partial charge in [-0.3, -0.25) is 0 Å². The van der Waals surface area contributed by atoms with Crippen molar-refractivity contribution in [2.45, 2.75) is 30.7 Å². The van der Waals surface area contributed by atoms with Crippen LogP contribution in [0.15, 0.2) is 21.5 Å². The lowest BCUT2D eigenvalue weighted by Crippen LogP contribution is -2.34. The van der Waals surface area contributed by atoms with E-state index in [9.17, 15) is 12.8 Å². The van der Waals surface area contributed by atoms with E-state index in [0.29, 0.717) is 6.42 Å². The molecule has 7 heteroatoms. The molecule has 0 aliphatic rings. The van der Waals surface area contributed by atoms with Crippen LogP contribution in [0, 0.1) is 18.2 Å². The van der Waals surface area contributed by atoms with Gasteiger partial charge in [-0.25, -0.2) is 17.5 Å². The first kappa shape index (κ1) is 16.0. The van der Waals surface area contributed by atoms with Gasteiger partial charge in [0.1, 0.15) is 5.82 Å². The largest absolute Gasteiger partial charge is 0.396 e. The van der Waals surface area contributed by atoms with E-state index in [1.54, 1.807) is 0 Å². The van der Waals surface area contributed by atoms with Gasteiger partial charge in [0.15, 0.2) is 0 Å². The lowest BCUT2D eigenvalue weighted by molar-refractivity contribution is 0.543. The number of halogens is 2. The summed E-state index contributed by atoms with van der Waals surface area (Å²) in [5.41, 5.74) is 5.16. The third-order valence-electron chi connectivity index (χ3n) is 2.52. The Morgan fingerprint density at radius 2 is 2.21 bits per heavy atom. The number of hydrogen-bond acceptors (Lipinski definition) is 3. The Morgan fingerprint density at radius 3 is 2.74 bits per heavy atom. The molecule has 0 aromatic heterocycles. The van der Waals surface area contributed by atoms with E-state index >= 15 is 0 Å². The van der Waals surface area contributed by atoms with Crippen molar-refractivity contribution in [3.63, 3.8) is 0 Å². The quantitative estimate of drug-likeness (QED) is 0.633. The average molecular weight is 349 g/mol. The van der Waals surface area contributed by atoms with Gasteiger partial charge in [-0.1, -0.05) is 6.92 Å². The van der Waals surface area contributed by atoms with E-state index in [2.05, 4.69) is 26.6 Å². The average Bonchev–Trinajstić information content (AvgIpc) is 2.32. The van der Waals surface area contributed by atoms with Crippen molar-refractivity contribution in [1.82, 2.24) is 4.72 Å². The first-order valence-electron chi connectivity index (χ1n) is 5.52. The van der Waals surface area contributed by atoms with Crippen LogP contribution in [0.2, 0.25) is 0 Å². The van der Waals surface area contributed by atoms with E-state index in [1.165, 1.54) is 0 Å². The van der Waals surface area contributed by atoms with Crippen molar-refractivity contribution in [3.05, 3.63) is 22.4 Å². The number of terminal acetylenes is 1. The molecular formula is C12H14BrFN2O2S. The first-order chi connectivity index (χ1) is 8.81. The number of rotatable bonds is 5. The number of benzene rings is 1. The second-order valence-corrected chi connectivity index (χ2v) is 6.48. The van der Waals surface area contributed by atoms with E-state index in [1.807, 2.05) is 6.92 Å². The number of nitrogens with one attached hydrogen (secondary N) is 1. The van der Waals surface area contributed by atoms with Crippen LogP contribution < -0.4 is 10.5 Å². The van der Waals surface area contributed by atoms with E-state index in [4.69, 9.17) is 12.2 Å². The van der Waals surface area contributed by atoms with E-state index in [-0.39, 0.29) is 27.5 Å². The molecule has 19 heavy (non-hydrogen) atoms. The van der Waals surface area contributed by atoms with Crippen LogP contribution in [-0.4, -0.2) is 14.5 Å². The number of sulfonamides is 1. The summed E-state index contributed by atoms with van der Waals surface area (Å²) in [5, 5.41) is 0. The van der Waals surface area contributed by atoms with Gasteiger partial charge in [-0.2, -0.15) is 0 Å². The van der Waals surface area contributed by atoms with E-state index in [0.717, 1.165) is 12.1 Å². The molecule has 0 aliphatic heterocycles. The smallest absolute Gasteiger partial charge is 0.242 e. The topological polar surface area (TPSA) is 72.2 Å². The van der Waals surface area contributed by atoms with Crippen molar-refractivity contribution in [1.29, 1.82) is 0 Å². The summed E-state index contributed by atoms with van der Waals surface area (Å²) in [7, 11) is -3.80. The second kappa shape index (κ2) is 6.37. The summed E-state index contributed by atoms with van der Waals surface area (Å²) in [6, 6.07) is 1.73. The lowest BCUT2D eigenvalue weighted by Gasteiger charge is -2.15. The van der Waals surface area contributed by atoms with Gasteiger partial charge >= 0.3 is 0 Å². The molecule has 104 valence electrons. The molecule has 0 heterocycles. The van der Waals surface area contributed by atoms with Crippen molar-refractivity contribution in [2.75, 3.05) is 5.73 Å². The number of hydrogen-bond donors (Lipinski definition) is 2. The highest BCUT2D eigenvalue weighted by molar-refractivity contribution is 9.10. The van der Waals surface area contributed by atoms with Crippen LogP contribution in [-0.2, 0) is 10.0 Å². The van der Waals surface area contributed by atoms with Crippen LogP contribution in [0.4, 0.5) is 10.1 Å². The Balaban J connectivity index is 3.14. The Bertz CT molecular complexity index is 611. The van der Waals surface area contributed by atoms with Crippen LogP contribution in [0.3, 0.4) is 0 Å². The maximum Gasteiger partial charge on any atom is 0.242 e. The normalized spacial score (nSPS) is 12.9. The van der Waals surface area contributed by atoms with Gasteiger partial charge in [0.05, 0.1) is 10.6 Å². The van der Waals surface area contributed by atoms with E-state index < -0.39 is 15.8 Å². The maximum atomic E-state index is 13.2. The van der Waals surface area contributed by atoms with Gasteiger partial charge in [0.25, 0.3) is 0 Å². The molecule has 1 atom stereocenters. The summed E-state index contributed by atoms with van der Waals surface area (Å²) >= 11 is 3.01. The van der Waals surface area contributed by atoms with Crippen molar-refractivity contribution >= 4 is 31.6 Å². The number of anilines is 1. The third kappa shape index (κ3) is 3.93.